The molecule has 2 fully saturated rings. The molecule has 1 unspecified atom stereocenters. The van der Waals surface area contributed by atoms with Crippen molar-refractivity contribution in [1.29, 1.82) is 0 Å². The number of rotatable bonds is 8. The Labute approximate surface area is 220 Å². The van der Waals surface area contributed by atoms with E-state index in [1.54, 1.807) is 19.2 Å². The minimum Gasteiger partial charge on any atom is -0.496 e. The lowest BCUT2D eigenvalue weighted by Crippen LogP contribution is -2.39. The molecule has 2 saturated heterocycles. The molecule has 1 amide bonds. The zero-order chi connectivity index (χ0) is 26.1. The lowest BCUT2D eigenvalue weighted by Gasteiger charge is -2.32. The van der Waals surface area contributed by atoms with Crippen molar-refractivity contribution in [3.8, 4) is 17.0 Å². The molecule has 2 aromatic carbocycles. The third-order valence-electron chi connectivity index (χ3n) is 7.24. The molecule has 10 nitrogen and oxygen atoms in total. The van der Waals surface area contributed by atoms with E-state index in [2.05, 4.69) is 20.2 Å². The van der Waals surface area contributed by atoms with Crippen LogP contribution >= 0.6 is 0 Å². The number of para-hydroxylation sites is 1. The number of nitrogen functional groups attached to an aromatic ring is 1. The molecule has 2 aliphatic rings. The average Bonchev–Trinajstić information content (AvgIpc) is 3.68. The summed E-state index contributed by atoms with van der Waals surface area (Å²) in [7, 11) is 1.56. The SMILES string of the molecule is COc1ccccc1C(=O)NCc1ccc(-c2nn(C3CCCN(C[C@@H]4CO4)C3)c3ncnc(N)c23)cc1. The summed E-state index contributed by atoms with van der Waals surface area (Å²) in [5.74, 6) is 0.781. The van der Waals surface area contributed by atoms with Gasteiger partial charge >= 0.3 is 0 Å². The Balaban J connectivity index is 1.22. The van der Waals surface area contributed by atoms with Crippen LogP contribution in [0.25, 0.3) is 22.3 Å². The molecule has 0 bridgehead atoms. The number of fused-ring (bicyclic) bond motifs is 1. The minimum atomic E-state index is -0.184. The second-order valence-electron chi connectivity index (χ2n) is 9.84. The molecule has 2 atom stereocenters. The smallest absolute Gasteiger partial charge is 0.255 e. The molecule has 2 aromatic heterocycles. The average molecular weight is 514 g/mol. The zero-order valence-corrected chi connectivity index (χ0v) is 21.3. The molecule has 38 heavy (non-hydrogen) atoms. The van der Waals surface area contributed by atoms with Gasteiger partial charge < -0.3 is 20.5 Å². The fraction of sp³-hybridized carbons (Fsp3) is 0.357. The van der Waals surface area contributed by atoms with Gasteiger partial charge in [-0.3, -0.25) is 9.69 Å². The second-order valence-corrected chi connectivity index (χ2v) is 9.84. The molecule has 0 aliphatic carbocycles. The van der Waals surface area contributed by atoms with Crippen molar-refractivity contribution in [2.24, 2.45) is 0 Å². The number of likely N-dealkylation sites (tertiary alicyclic amines) is 1. The topological polar surface area (TPSA) is 124 Å². The van der Waals surface area contributed by atoms with E-state index in [4.69, 9.17) is 20.3 Å². The molecule has 196 valence electrons. The Morgan fingerprint density at radius 2 is 2.00 bits per heavy atom. The quantitative estimate of drug-likeness (QED) is 0.345. The number of nitrogens with zero attached hydrogens (tertiary/aromatic N) is 5. The van der Waals surface area contributed by atoms with Crippen LogP contribution in [0.4, 0.5) is 5.82 Å². The number of hydrogen-bond donors (Lipinski definition) is 2. The summed E-state index contributed by atoms with van der Waals surface area (Å²) in [6.07, 6.45) is 4.01. The van der Waals surface area contributed by atoms with Gasteiger partial charge in [-0.2, -0.15) is 5.10 Å². The summed E-state index contributed by atoms with van der Waals surface area (Å²) >= 11 is 0. The minimum absolute atomic E-state index is 0.184. The van der Waals surface area contributed by atoms with E-state index in [0.717, 1.165) is 66.9 Å². The van der Waals surface area contributed by atoms with Gasteiger partial charge in [-0.25, -0.2) is 14.6 Å². The molecule has 4 aromatic rings. The molecule has 10 heteroatoms. The number of nitrogens with one attached hydrogen (secondary N) is 1. The number of ether oxygens (including phenoxy) is 2. The Hall–Kier alpha value is -4.02. The largest absolute Gasteiger partial charge is 0.496 e. The number of carbonyl (C=O) groups excluding carboxylic acids is 1. The van der Waals surface area contributed by atoms with E-state index in [9.17, 15) is 4.79 Å². The van der Waals surface area contributed by atoms with Crippen LogP contribution in [-0.2, 0) is 11.3 Å². The van der Waals surface area contributed by atoms with E-state index >= 15 is 0 Å². The van der Waals surface area contributed by atoms with E-state index in [-0.39, 0.29) is 11.9 Å². The number of nitrogens with two attached hydrogens (primary N) is 1. The second kappa shape index (κ2) is 10.4. The standard InChI is InChI=1S/C28H31N7O3/c1-37-23-7-3-2-6-22(23)28(36)30-13-18-8-10-19(11-9-18)25-24-26(29)31-17-32-27(24)35(33-25)20-5-4-12-34(14-20)15-21-16-38-21/h2-3,6-11,17,20-21H,4-5,12-16H2,1H3,(H,30,36)(H2,29,31,32)/t20?,21-/m1/s1. The van der Waals surface area contributed by atoms with Crippen LogP contribution in [0.1, 0.15) is 34.8 Å². The van der Waals surface area contributed by atoms with Crippen molar-refractivity contribution in [3.05, 3.63) is 66.0 Å². The first-order chi connectivity index (χ1) is 18.6. The van der Waals surface area contributed by atoms with Gasteiger partial charge in [0.25, 0.3) is 5.91 Å². The van der Waals surface area contributed by atoms with Crippen molar-refractivity contribution in [3.63, 3.8) is 0 Å². The number of epoxide rings is 1. The Morgan fingerprint density at radius 1 is 1.18 bits per heavy atom. The number of methoxy groups -OCH3 is 1. The molecular weight excluding hydrogens is 482 g/mol. The van der Waals surface area contributed by atoms with Crippen molar-refractivity contribution in [2.75, 3.05) is 39.1 Å². The number of carbonyl (C=O) groups is 1. The maximum absolute atomic E-state index is 12.7. The van der Waals surface area contributed by atoms with Crippen molar-refractivity contribution < 1.29 is 14.3 Å². The molecule has 2 aliphatic heterocycles. The lowest BCUT2D eigenvalue weighted by molar-refractivity contribution is 0.0948. The highest BCUT2D eigenvalue weighted by Gasteiger charge is 2.31. The predicted molar refractivity (Wildman–Crippen MR) is 144 cm³/mol. The fourth-order valence-electron chi connectivity index (χ4n) is 5.20. The number of anilines is 1. The summed E-state index contributed by atoms with van der Waals surface area (Å²) in [5, 5.41) is 8.76. The third kappa shape index (κ3) is 4.92. The summed E-state index contributed by atoms with van der Waals surface area (Å²) in [6, 6.07) is 15.4. The zero-order valence-electron chi connectivity index (χ0n) is 21.3. The fourth-order valence-corrected chi connectivity index (χ4v) is 5.20. The highest BCUT2D eigenvalue weighted by Crippen LogP contribution is 2.34. The highest BCUT2D eigenvalue weighted by atomic mass is 16.6. The maximum Gasteiger partial charge on any atom is 0.255 e. The predicted octanol–water partition coefficient (Wildman–Crippen LogP) is 3.05. The summed E-state index contributed by atoms with van der Waals surface area (Å²) in [5.41, 5.74) is 10.3. The number of amides is 1. The van der Waals surface area contributed by atoms with Crippen molar-refractivity contribution >= 4 is 22.8 Å². The van der Waals surface area contributed by atoms with Crippen LogP contribution in [-0.4, -0.2) is 70.0 Å². The van der Waals surface area contributed by atoms with Gasteiger partial charge in [-0.15, -0.1) is 0 Å². The van der Waals surface area contributed by atoms with Gasteiger partial charge in [0.15, 0.2) is 5.65 Å². The molecule has 0 spiro atoms. The van der Waals surface area contributed by atoms with Gasteiger partial charge in [0, 0.05) is 25.2 Å². The maximum atomic E-state index is 12.7. The van der Waals surface area contributed by atoms with Crippen molar-refractivity contribution in [2.45, 2.75) is 31.5 Å². The van der Waals surface area contributed by atoms with Gasteiger partial charge in [-0.05, 0) is 37.1 Å². The van der Waals surface area contributed by atoms with Crippen molar-refractivity contribution in [1.82, 2.24) is 30.0 Å². The number of benzene rings is 2. The highest BCUT2D eigenvalue weighted by molar-refractivity contribution is 5.98. The van der Waals surface area contributed by atoms with Crippen LogP contribution in [0.2, 0.25) is 0 Å². The molecular formula is C28H31N7O3. The molecule has 0 radical (unpaired) electrons. The Kier molecular flexibility index (Phi) is 6.65. The van der Waals surface area contributed by atoms with E-state index < -0.39 is 0 Å². The molecule has 6 rings (SSSR count). The van der Waals surface area contributed by atoms with Crippen LogP contribution in [0.5, 0.6) is 5.75 Å². The van der Waals surface area contributed by atoms with Gasteiger partial charge in [0.05, 0.1) is 36.8 Å². The number of aromatic nitrogens is 4. The van der Waals surface area contributed by atoms with Crippen LogP contribution in [0.15, 0.2) is 54.9 Å². The summed E-state index contributed by atoms with van der Waals surface area (Å²) < 4.78 is 12.8. The Morgan fingerprint density at radius 3 is 2.79 bits per heavy atom. The first kappa shape index (κ1) is 24.3. The van der Waals surface area contributed by atoms with Gasteiger partial charge in [-0.1, -0.05) is 36.4 Å². The van der Waals surface area contributed by atoms with Gasteiger partial charge in [0.1, 0.15) is 23.6 Å². The molecule has 3 N–H and O–H groups in total. The Bertz CT molecular complexity index is 1450. The first-order valence-corrected chi connectivity index (χ1v) is 12.9. The molecule has 4 heterocycles. The third-order valence-corrected chi connectivity index (χ3v) is 7.24. The lowest BCUT2D eigenvalue weighted by atomic mass is 10.1. The van der Waals surface area contributed by atoms with E-state index in [1.807, 2.05) is 41.1 Å². The number of hydrogen-bond acceptors (Lipinski definition) is 8. The summed E-state index contributed by atoms with van der Waals surface area (Å²) in [6.45, 7) is 4.20. The number of piperidine rings is 1. The van der Waals surface area contributed by atoms with Crippen LogP contribution < -0.4 is 15.8 Å². The van der Waals surface area contributed by atoms with Crippen LogP contribution in [0, 0.1) is 0 Å². The van der Waals surface area contributed by atoms with E-state index in [1.165, 1.54) is 6.33 Å². The summed E-state index contributed by atoms with van der Waals surface area (Å²) in [4.78, 5) is 24.0. The van der Waals surface area contributed by atoms with Gasteiger partial charge in [0.2, 0.25) is 0 Å². The van der Waals surface area contributed by atoms with E-state index in [0.29, 0.717) is 29.8 Å². The monoisotopic (exact) mass is 513 g/mol. The first-order valence-electron chi connectivity index (χ1n) is 12.9. The van der Waals surface area contributed by atoms with Crippen LogP contribution in [0.3, 0.4) is 0 Å². The molecule has 0 saturated carbocycles. The normalized spacial score (nSPS) is 19.4.